The fourth-order valence-electron chi connectivity index (χ4n) is 3.83. The molecule has 3 heterocycles. The van der Waals surface area contributed by atoms with Crippen LogP contribution >= 0.6 is 0 Å². The average Bonchev–Trinajstić information content (AvgIpc) is 3.40. The van der Waals surface area contributed by atoms with E-state index in [4.69, 9.17) is 4.74 Å². The second-order valence-corrected chi connectivity index (χ2v) is 9.56. The fourth-order valence-corrected chi connectivity index (χ4v) is 4.39. The van der Waals surface area contributed by atoms with Crippen LogP contribution in [0.2, 0.25) is 0 Å². The highest BCUT2D eigenvalue weighted by Gasteiger charge is 2.30. The summed E-state index contributed by atoms with van der Waals surface area (Å²) in [5.74, 6) is 1.93. The number of hydrogen-bond acceptors (Lipinski definition) is 7. The van der Waals surface area contributed by atoms with Crippen molar-refractivity contribution >= 4 is 34.0 Å². The molecule has 0 bridgehead atoms. The molecule has 31 heavy (non-hydrogen) atoms. The SMILES string of the molecule is CC(C)NC(=O)O[C@@H]1CC[C@H](c2cc(Nc3nccn4nc(CS(C)=O)cc34)n[nH]2)C1. The predicted octanol–water partition coefficient (Wildman–Crippen LogP) is 2.85. The molecule has 1 fully saturated rings. The van der Waals surface area contributed by atoms with E-state index in [0.717, 1.165) is 36.2 Å². The van der Waals surface area contributed by atoms with Crippen LogP contribution in [0.15, 0.2) is 24.5 Å². The van der Waals surface area contributed by atoms with Crippen molar-refractivity contribution in [2.75, 3.05) is 11.6 Å². The molecule has 3 aromatic rings. The predicted molar refractivity (Wildman–Crippen MR) is 118 cm³/mol. The van der Waals surface area contributed by atoms with Gasteiger partial charge in [0.25, 0.3) is 0 Å². The number of aromatic amines is 1. The first-order valence-corrected chi connectivity index (χ1v) is 12.0. The van der Waals surface area contributed by atoms with Crippen LogP contribution in [0, 0.1) is 0 Å². The van der Waals surface area contributed by atoms with Crippen LogP contribution in [-0.2, 0) is 21.3 Å². The van der Waals surface area contributed by atoms with Gasteiger partial charge >= 0.3 is 6.09 Å². The molecule has 0 aromatic carbocycles. The highest BCUT2D eigenvalue weighted by molar-refractivity contribution is 7.83. The van der Waals surface area contributed by atoms with E-state index in [2.05, 4.69) is 30.9 Å². The molecule has 0 radical (unpaired) electrons. The number of anilines is 2. The normalized spacial score (nSPS) is 19.6. The number of nitrogens with one attached hydrogen (secondary N) is 3. The molecule has 0 aliphatic heterocycles. The smallest absolute Gasteiger partial charge is 0.407 e. The summed E-state index contributed by atoms with van der Waals surface area (Å²) in [7, 11) is -0.965. The molecule has 3 atom stereocenters. The van der Waals surface area contributed by atoms with E-state index < -0.39 is 10.8 Å². The summed E-state index contributed by atoms with van der Waals surface area (Å²) in [5.41, 5.74) is 2.54. The monoisotopic (exact) mass is 445 g/mol. The van der Waals surface area contributed by atoms with Crippen molar-refractivity contribution in [1.29, 1.82) is 0 Å². The number of alkyl carbamates (subject to hydrolysis) is 1. The molecule has 1 aliphatic rings. The summed E-state index contributed by atoms with van der Waals surface area (Å²) < 4.78 is 18.7. The number of amides is 1. The lowest BCUT2D eigenvalue weighted by Crippen LogP contribution is -2.33. The topological polar surface area (TPSA) is 126 Å². The van der Waals surface area contributed by atoms with Crippen LogP contribution < -0.4 is 10.6 Å². The van der Waals surface area contributed by atoms with Gasteiger partial charge in [0.05, 0.1) is 11.4 Å². The standard InChI is InChI=1S/C20H27N7O3S/c1-12(2)22-20(28)30-15-5-4-13(8-15)16-10-18(25-24-16)23-19-17-9-14(11-31(3)29)26-27(17)7-6-21-19/h6-7,9-10,12-13,15H,4-5,8,11H2,1-3H3,(H,22,28)(H2,21,23,24,25)/t13-,15+,31?/m0/s1. The number of hydrogen-bond donors (Lipinski definition) is 3. The first-order valence-electron chi connectivity index (χ1n) is 10.3. The van der Waals surface area contributed by atoms with Crippen LogP contribution in [0.25, 0.3) is 5.52 Å². The largest absolute Gasteiger partial charge is 0.446 e. The van der Waals surface area contributed by atoms with Crippen molar-refractivity contribution in [3.8, 4) is 0 Å². The number of ether oxygens (including phenoxy) is 1. The molecular formula is C20H27N7O3S. The minimum absolute atomic E-state index is 0.0555. The molecule has 1 amide bonds. The third kappa shape index (κ3) is 5.22. The molecule has 11 heteroatoms. The number of H-pyrrole nitrogens is 1. The van der Waals surface area contributed by atoms with E-state index in [-0.39, 0.29) is 24.2 Å². The van der Waals surface area contributed by atoms with Crippen molar-refractivity contribution in [2.45, 2.75) is 56.9 Å². The fraction of sp³-hybridized carbons (Fsp3) is 0.500. The van der Waals surface area contributed by atoms with E-state index in [1.807, 2.05) is 26.0 Å². The highest BCUT2D eigenvalue weighted by Crippen LogP contribution is 2.36. The van der Waals surface area contributed by atoms with E-state index >= 15 is 0 Å². The van der Waals surface area contributed by atoms with Gasteiger partial charge < -0.3 is 15.4 Å². The Morgan fingerprint density at radius 3 is 3.00 bits per heavy atom. The molecule has 0 spiro atoms. The van der Waals surface area contributed by atoms with Crippen LogP contribution in [0.5, 0.6) is 0 Å². The second kappa shape index (κ2) is 9.04. The Kier molecular flexibility index (Phi) is 6.21. The molecular weight excluding hydrogens is 418 g/mol. The third-order valence-electron chi connectivity index (χ3n) is 5.14. The van der Waals surface area contributed by atoms with Crippen molar-refractivity contribution in [1.82, 2.24) is 30.1 Å². The summed E-state index contributed by atoms with van der Waals surface area (Å²) in [6, 6.07) is 3.90. The van der Waals surface area contributed by atoms with Crippen molar-refractivity contribution in [3.05, 3.63) is 35.9 Å². The Labute approximate surface area is 182 Å². The summed E-state index contributed by atoms with van der Waals surface area (Å²) in [6.07, 6.45) is 7.14. The van der Waals surface area contributed by atoms with Gasteiger partial charge in [0, 0.05) is 53.2 Å². The van der Waals surface area contributed by atoms with Crippen LogP contribution in [-0.4, -0.2) is 53.5 Å². The van der Waals surface area contributed by atoms with Gasteiger partial charge in [-0.2, -0.15) is 10.2 Å². The maximum Gasteiger partial charge on any atom is 0.407 e. The first kappa shape index (κ1) is 21.3. The first-order chi connectivity index (χ1) is 14.9. The molecule has 3 aromatic heterocycles. The number of rotatable bonds is 7. The van der Waals surface area contributed by atoms with Gasteiger partial charge in [-0.05, 0) is 39.2 Å². The molecule has 3 N–H and O–H groups in total. The second-order valence-electron chi connectivity index (χ2n) is 8.13. The number of nitrogens with zero attached hydrogens (tertiary/aromatic N) is 4. The minimum Gasteiger partial charge on any atom is -0.446 e. The van der Waals surface area contributed by atoms with Crippen molar-refractivity contribution in [2.24, 2.45) is 0 Å². The Morgan fingerprint density at radius 2 is 2.23 bits per heavy atom. The Balaban J connectivity index is 1.41. The molecule has 166 valence electrons. The Hall–Kier alpha value is -2.95. The molecule has 1 saturated carbocycles. The van der Waals surface area contributed by atoms with Crippen molar-refractivity contribution < 1.29 is 13.7 Å². The van der Waals surface area contributed by atoms with E-state index in [1.54, 1.807) is 23.2 Å². The molecule has 1 aliphatic carbocycles. The summed E-state index contributed by atoms with van der Waals surface area (Å²) in [6.45, 7) is 3.81. The maximum absolute atomic E-state index is 11.8. The van der Waals surface area contributed by atoms with Gasteiger partial charge in [-0.3, -0.25) is 9.31 Å². The quantitative estimate of drug-likeness (QED) is 0.510. The number of fused-ring (bicyclic) bond motifs is 1. The van der Waals surface area contributed by atoms with Gasteiger partial charge in [0.2, 0.25) is 0 Å². The number of carbonyl (C=O) groups is 1. The zero-order chi connectivity index (χ0) is 22.0. The van der Waals surface area contributed by atoms with Crippen molar-refractivity contribution in [3.63, 3.8) is 0 Å². The van der Waals surface area contributed by atoms with Crippen LogP contribution in [0.1, 0.15) is 50.4 Å². The van der Waals surface area contributed by atoms with Crippen LogP contribution in [0.4, 0.5) is 16.4 Å². The molecule has 1 unspecified atom stereocenters. The summed E-state index contributed by atoms with van der Waals surface area (Å²) >= 11 is 0. The lowest BCUT2D eigenvalue weighted by molar-refractivity contribution is 0.0981. The van der Waals surface area contributed by atoms with Gasteiger partial charge in [0.15, 0.2) is 11.6 Å². The Bertz CT molecular complexity index is 1090. The number of carbonyl (C=O) groups excluding carboxylic acids is 1. The summed E-state index contributed by atoms with van der Waals surface area (Å²) in [5, 5.41) is 17.9. The third-order valence-corrected chi connectivity index (χ3v) is 5.84. The lowest BCUT2D eigenvalue weighted by Gasteiger charge is -2.14. The number of aromatic nitrogens is 5. The highest BCUT2D eigenvalue weighted by atomic mass is 32.2. The minimum atomic E-state index is -0.965. The average molecular weight is 446 g/mol. The maximum atomic E-state index is 11.8. The van der Waals surface area contributed by atoms with Crippen LogP contribution in [0.3, 0.4) is 0 Å². The molecule has 10 nitrogen and oxygen atoms in total. The summed E-state index contributed by atoms with van der Waals surface area (Å²) in [4.78, 5) is 16.2. The van der Waals surface area contributed by atoms with Gasteiger partial charge in [-0.25, -0.2) is 14.3 Å². The zero-order valence-electron chi connectivity index (χ0n) is 17.8. The molecule has 4 rings (SSSR count). The van der Waals surface area contributed by atoms with Gasteiger partial charge in [0.1, 0.15) is 11.6 Å². The zero-order valence-corrected chi connectivity index (χ0v) is 18.6. The molecule has 0 saturated heterocycles. The Morgan fingerprint density at radius 1 is 1.39 bits per heavy atom. The van der Waals surface area contributed by atoms with E-state index in [0.29, 0.717) is 17.4 Å². The van der Waals surface area contributed by atoms with E-state index in [9.17, 15) is 9.00 Å². The van der Waals surface area contributed by atoms with Gasteiger partial charge in [-0.15, -0.1) is 0 Å². The lowest BCUT2D eigenvalue weighted by atomic mass is 10.0. The van der Waals surface area contributed by atoms with E-state index in [1.165, 1.54) is 0 Å². The van der Waals surface area contributed by atoms with Gasteiger partial charge in [-0.1, -0.05) is 0 Å².